The Morgan fingerprint density at radius 3 is 3.07 bits per heavy atom. The lowest BCUT2D eigenvalue weighted by Gasteiger charge is -2.04. The molecule has 4 nitrogen and oxygen atoms in total. The Morgan fingerprint density at radius 1 is 1.64 bits per heavy atom. The van der Waals surface area contributed by atoms with Gasteiger partial charge in [-0.2, -0.15) is 0 Å². The van der Waals surface area contributed by atoms with Crippen molar-refractivity contribution in [3.05, 3.63) is 24.0 Å². The molecule has 0 saturated heterocycles. The lowest BCUT2D eigenvalue weighted by atomic mass is 10.3. The summed E-state index contributed by atoms with van der Waals surface area (Å²) in [5.41, 5.74) is 0.606. The number of aryl methyl sites for hydroxylation is 1. The first-order chi connectivity index (χ1) is 6.77. The molecule has 0 radical (unpaired) electrons. The van der Waals surface area contributed by atoms with Crippen molar-refractivity contribution < 1.29 is 9.59 Å². The zero-order valence-electron chi connectivity index (χ0n) is 8.19. The maximum Gasteiger partial charge on any atom is 0.221 e. The lowest BCUT2D eigenvalue weighted by molar-refractivity contribution is -0.121. The monoisotopic (exact) mass is 194 g/mol. The molecule has 76 valence electrons. The van der Waals surface area contributed by atoms with Crippen molar-refractivity contribution in [1.82, 2.24) is 9.88 Å². The fourth-order valence-electron chi connectivity index (χ4n) is 1.25. The molecule has 1 N–H and O–H groups in total. The first-order valence-corrected chi connectivity index (χ1v) is 4.65. The average molecular weight is 194 g/mol. The van der Waals surface area contributed by atoms with E-state index < -0.39 is 0 Å². The summed E-state index contributed by atoms with van der Waals surface area (Å²) in [6.07, 6.45) is 2.99. The minimum absolute atomic E-state index is 0.0121. The van der Waals surface area contributed by atoms with Crippen LogP contribution in [-0.2, 0) is 11.3 Å². The highest BCUT2D eigenvalue weighted by Crippen LogP contribution is 2.00. The Balaban J connectivity index is 2.45. The van der Waals surface area contributed by atoms with Gasteiger partial charge in [0.25, 0.3) is 0 Å². The van der Waals surface area contributed by atoms with Crippen LogP contribution in [0.3, 0.4) is 0 Å². The van der Waals surface area contributed by atoms with Gasteiger partial charge in [0, 0.05) is 25.7 Å². The highest BCUT2D eigenvalue weighted by molar-refractivity contribution is 5.76. The van der Waals surface area contributed by atoms with E-state index in [1.54, 1.807) is 22.9 Å². The van der Waals surface area contributed by atoms with E-state index in [9.17, 15) is 9.59 Å². The van der Waals surface area contributed by atoms with Gasteiger partial charge in [-0.3, -0.25) is 9.59 Å². The third-order valence-electron chi connectivity index (χ3n) is 1.94. The van der Waals surface area contributed by atoms with Gasteiger partial charge in [0.05, 0.1) is 5.69 Å². The van der Waals surface area contributed by atoms with Crippen molar-refractivity contribution in [2.45, 2.75) is 19.9 Å². The molecular weight excluding hydrogens is 180 g/mol. The molecule has 4 heteroatoms. The smallest absolute Gasteiger partial charge is 0.221 e. The third kappa shape index (κ3) is 2.73. The Kier molecular flexibility index (Phi) is 3.91. The van der Waals surface area contributed by atoms with Crippen LogP contribution < -0.4 is 5.32 Å². The van der Waals surface area contributed by atoms with Crippen LogP contribution in [0.1, 0.15) is 23.8 Å². The normalized spacial score (nSPS) is 9.79. The standard InChI is InChI=1S/C10H14N2O2/c1-2-11-10(14)5-7-12-6-3-4-9(12)8-13/h3-4,6,8H,2,5,7H2,1H3,(H,11,14). The van der Waals surface area contributed by atoms with Gasteiger partial charge in [-0.1, -0.05) is 0 Å². The number of carbonyl (C=O) groups excluding carboxylic acids is 2. The van der Waals surface area contributed by atoms with E-state index in [1.807, 2.05) is 6.92 Å². The van der Waals surface area contributed by atoms with E-state index in [4.69, 9.17) is 0 Å². The van der Waals surface area contributed by atoms with Crippen LogP contribution in [0, 0.1) is 0 Å². The van der Waals surface area contributed by atoms with Gasteiger partial charge in [-0.25, -0.2) is 0 Å². The quantitative estimate of drug-likeness (QED) is 0.706. The molecule has 0 aromatic carbocycles. The lowest BCUT2D eigenvalue weighted by Crippen LogP contribution is -2.23. The summed E-state index contributed by atoms with van der Waals surface area (Å²) in [7, 11) is 0. The number of hydrogen-bond donors (Lipinski definition) is 1. The zero-order chi connectivity index (χ0) is 10.4. The summed E-state index contributed by atoms with van der Waals surface area (Å²) in [4.78, 5) is 21.7. The highest BCUT2D eigenvalue weighted by atomic mass is 16.1. The Labute approximate surface area is 82.9 Å². The molecule has 1 aromatic heterocycles. The molecule has 1 amide bonds. The van der Waals surface area contributed by atoms with Crippen LogP contribution in [0.2, 0.25) is 0 Å². The van der Waals surface area contributed by atoms with Crippen LogP contribution in [0.4, 0.5) is 0 Å². The average Bonchev–Trinajstić information content (AvgIpc) is 2.62. The van der Waals surface area contributed by atoms with Crippen molar-refractivity contribution in [1.29, 1.82) is 0 Å². The molecule has 14 heavy (non-hydrogen) atoms. The maximum atomic E-state index is 11.1. The van der Waals surface area contributed by atoms with Crippen LogP contribution in [0.25, 0.3) is 0 Å². The van der Waals surface area contributed by atoms with Gasteiger partial charge < -0.3 is 9.88 Å². The Bertz CT molecular complexity index is 318. The third-order valence-corrected chi connectivity index (χ3v) is 1.94. The van der Waals surface area contributed by atoms with E-state index in [0.29, 0.717) is 25.2 Å². The van der Waals surface area contributed by atoms with Crippen LogP contribution in [0.15, 0.2) is 18.3 Å². The minimum Gasteiger partial charge on any atom is -0.356 e. The molecule has 1 heterocycles. The van der Waals surface area contributed by atoms with E-state index in [2.05, 4.69) is 5.32 Å². The molecule has 0 atom stereocenters. The largest absolute Gasteiger partial charge is 0.356 e. The van der Waals surface area contributed by atoms with Gasteiger partial charge >= 0.3 is 0 Å². The second-order valence-corrected chi connectivity index (χ2v) is 2.95. The van der Waals surface area contributed by atoms with E-state index in [1.165, 1.54) is 0 Å². The first-order valence-electron chi connectivity index (χ1n) is 4.65. The summed E-state index contributed by atoms with van der Waals surface area (Å²) in [6, 6.07) is 3.52. The number of hydrogen-bond acceptors (Lipinski definition) is 2. The number of carbonyl (C=O) groups is 2. The van der Waals surface area contributed by atoms with Crippen molar-refractivity contribution in [3.63, 3.8) is 0 Å². The van der Waals surface area contributed by atoms with Crippen LogP contribution in [0.5, 0.6) is 0 Å². The van der Waals surface area contributed by atoms with Gasteiger partial charge in [-0.15, -0.1) is 0 Å². The van der Waals surface area contributed by atoms with Gasteiger partial charge in [0.2, 0.25) is 5.91 Å². The number of nitrogens with one attached hydrogen (secondary N) is 1. The van der Waals surface area contributed by atoms with E-state index in [0.717, 1.165) is 6.29 Å². The summed E-state index contributed by atoms with van der Waals surface area (Å²) >= 11 is 0. The fraction of sp³-hybridized carbons (Fsp3) is 0.400. The fourth-order valence-corrected chi connectivity index (χ4v) is 1.25. The summed E-state index contributed by atoms with van der Waals surface area (Å²) < 4.78 is 1.77. The van der Waals surface area contributed by atoms with Crippen LogP contribution >= 0.6 is 0 Å². The van der Waals surface area contributed by atoms with Crippen molar-refractivity contribution in [2.75, 3.05) is 6.54 Å². The molecule has 0 saturated carbocycles. The predicted octanol–water partition coefficient (Wildman–Crippen LogP) is 0.827. The SMILES string of the molecule is CCNC(=O)CCn1cccc1C=O. The van der Waals surface area contributed by atoms with Gasteiger partial charge in [0.1, 0.15) is 0 Å². The van der Waals surface area contributed by atoms with Gasteiger partial charge in [-0.05, 0) is 19.1 Å². The van der Waals surface area contributed by atoms with Gasteiger partial charge in [0.15, 0.2) is 6.29 Å². The number of aromatic nitrogens is 1. The topological polar surface area (TPSA) is 51.1 Å². The first kappa shape index (κ1) is 10.5. The predicted molar refractivity (Wildman–Crippen MR) is 53.1 cm³/mol. The molecule has 0 bridgehead atoms. The number of nitrogens with zero attached hydrogens (tertiary/aromatic N) is 1. The van der Waals surface area contributed by atoms with Crippen LogP contribution in [-0.4, -0.2) is 23.3 Å². The zero-order valence-corrected chi connectivity index (χ0v) is 8.19. The second kappa shape index (κ2) is 5.21. The molecule has 1 aromatic rings. The van der Waals surface area contributed by atoms with E-state index in [-0.39, 0.29) is 5.91 Å². The Morgan fingerprint density at radius 2 is 2.43 bits per heavy atom. The molecule has 1 rings (SSSR count). The Hall–Kier alpha value is -1.58. The molecule has 0 unspecified atom stereocenters. The molecule has 0 aliphatic carbocycles. The summed E-state index contributed by atoms with van der Waals surface area (Å²) in [6.45, 7) is 3.07. The molecule has 0 aliphatic rings. The summed E-state index contributed by atoms with van der Waals surface area (Å²) in [5, 5.41) is 2.70. The van der Waals surface area contributed by atoms with E-state index >= 15 is 0 Å². The van der Waals surface area contributed by atoms with Crippen molar-refractivity contribution >= 4 is 12.2 Å². The number of amides is 1. The summed E-state index contributed by atoms with van der Waals surface area (Å²) in [5.74, 6) is 0.0121. The molecule has 0 fully saturated rings. The minimum atomic E-state index is 0.0121. The second-order valence-electron chi connectivity index (χ2n) is 2.95. The molecular formula is C10H14N2O2. The van der Waals surface area contributed by atoms with Crippen molar-refractivity contribution in [2.24, 2.45) is 0 Å². The highest BCUT2D eigenvalue weighted by Gasteiger charge is 2.02. The van der Waals surface area contributed by atoms with Crippen molar-refractivity contribution in [3.8, 4) is 0 Å². The molecule has 0 spiro atoms. The number of aldehydes is 1. The maximum absolute atomic E-state index is 11.1. The number of rotatable bonds is 5. The molecule has 0 aliphatic heterocycles.